The molecular weight excluding hydrogens is 296 g/mol. The number of hydrogen-bond donors (Lipinski definition) is 1. The zero-order chi connectivity index (χ0) is 16.0. The van der Waals surface area contributed by atoms with Gasteiger partial charge in [-0.15, -0.1) is 0 Å². The zero-order valence-electron chi connectivity index (χ0n) is 12.4. The van der Waals surface area contributed by atoms with Crippen molar-refractivity contribution in [2.24, 2.45) is 0 Å². The van der Waals surface area contributed by atoms with Gasteiger partial charge in [0.1, 0.15) is 5.60 Å². The van der Waals surface area contributed by atoms with Crippen molar-refractivity contribution < 1.29 is 23.2 Å². The first-order valence-electron chi connectivity index (χ1n) is 7.53. The van der Waals surface area contributed by atoms with Gasteiger partial charge in [0.15, 0.2) is 5.82 Å². The number of carbonyl (C=O) groups is 1. The normalized spacial score (nSPS) is 22.5. The van der Waals surface area contributed by atoms with E-state index < -0.39 is 17.4 Å². The van der Waals surface area contributed by atoms with Crippen molar-refractivity contribution in [1.82, 2.24) is 15.0 Å². The van der Waals surface area contributed by atoms with Gasteiger partial charge in [0.05, 0.1) is 0 Å². The third kappa shape index (κ3) is 2.39. The monoisotopic (exact) mass is 315 g/mol. The minimum Gasteiger partial charge on any atom is -0.383 e. The molecule has 2 heterocycles. The lowest BCUT2D eigenvalue weighted by Gasteiger charge is -2.44. The van der Waals surface area contributed by atoms with Gasteiger partial charge in [-0.2, -0.15) is 13.8 Å². The van der Waals surface area contributed by atoms with Crippen LogP contribution in [0.1, 0.15) is 49.7 Å². The minimum atomic E-state index is -3.71. The average Bonchev–Trinajstić information content (AvgIpc) is 2.90. The summed E-state index contributed by atoms with van der Waals surface area (Å²) >= 11 is 0. The maximum atomic E-state index is 14.2. The molecule has 2 fully saturated rings. The number of rotatable bonds is 3. The van der Waals surface area contributed by atoms with Gasteiger partial charge in [-0.1, -0.05) is 5.16 Å². The number of aryl methyl sites for hydroxylation is 1. The SMILES string of the molecule is Cc1noc(C2CCN(C(=O)C(F)(F)C3(O)CCC3)CC2)n1. The van der Waals surface area contributed by atoms with Crippen molar-refractivity contribution in [2.45, 2.75) is 56.5 Å². The Morgan fingerprint density at radius 2 is 2.05 bits per heavy atom. The van der Waals surface area contributed by atoms with E-state index >= 15 is 0 Å². The predicted octanol–water partition coefficient (Wildman–Crippen LogP) is 1.63. The summed E-state index contributed by atoms with van der Waals surface area (Å²) in [6.07, 6.45) is 1.48. The van der Waals surface area contributed by atoms with Crippen LogP contribution in [0.4, 0.5) is 8.78 Å². The second-order valence-corrected chi connectivity index (χ2v) is 6.21. The van der Waals surface area contributed by atoms with Gasteiger partial charge < -0.3 is 14.5 Å². The van der Waals surface area contributed by atoms with E-state index in [1.54, 1.807) is 6.92 Å². The van der Waals surface area contributed by atoms with Crippen molar-refractivity contribution in [3.63, 3.8) is 0 Å². The minimum absolute atomic E-state index is 0.00865. The second kappa shape index (κ2) is 5.26. The van der Waals surface area contributed by atoms with Gasteiger partial charge in [-0.25, -0.2) is 0 Å². The van der Waals surface area contributed by atoms with Crippen molar-refractivity contribution >= 4 is 5.91 Å². The summed E-state index contributed by atoms with van der Waals surface area (Å²) in [5.41, 5.74) is -2.16. The maximum absolute atomic E-state index is 14.2. The van der Waals surface area contributed by atoms with Crippen LogP contribution < -0.4 is 0 Å². The van der Waals surface area contributed by atoms with E-state index in [4.69, 9.17) is 4.52 Å². The topological polar surface area (TPSA) is 79.5 Å². The van der Waals surface area contributed by atoms with E-state index in [0.717, 1.165) is 4.90 Å². The van der Waals surface area contributed by atoms with Crippen LogP contribution in [0.3, 0.4) is 0 Å². The molecule has 1 aliphatic heterocycles. The van der Waals surface area contributed by atoms with E-state index in [-0.39, 0.29) is 31.8 Å². The summed E-state index contributed by atoms with van der Waals surface area (Å²) in [6.45, 7) is 2.12. The average molecular weight is 315 g/mol. The number of alkyl halides is 2. The van der Waals surface area contributed by atoms with Crippen LogP contribution in [0.25, 0.3) is 0 Å². The lowest BCUT2D eigenvalue weighted by Crippen LogP contribution is -2.62. The molecule has 1 aromatic rings. The third-order valence-electron chi connectivity index (χ3n) is 4.71. The molecule has 2 aliphatic rings. The molecule has 1 saturated heterocycles. The Kier molecular flexibility index (Phi) is 3.66. The molecule has 3 rings (SSSR count). The predicted molar refractivity (Wildman–Crippen MR) is 71.3 cm³/mol. The van der Waals surface area contributed by atoms with Gasteiger partial charge in [-0.3, -0.25) is 4.79 Å². The summed E-state index contributed by atoms with van der Waals surface area (Å²) in [5, 5.41) is 13.6. The number of carbonyl (C=O) groups excluding carboxylic acids is 1. The molecule has 22 heavy (non-hydrogen) atoms. The van der Waals surface area contributed by atoms with Crippen LogP contribution in [0.15, 0.2) is 4.52 Å². The fourth-order valence-electron chi connectivity index (χ4n) is 3.03. The highest BCUT2D eigenvalue weighted by Crippen LogP contribution is 2.45. The van der Waals surface area contributed by atoms with Gasteiger partial charge in [0.25, 0.3) is 5.91 Å². The van der Waals surface area contributed by atoms with Crippen molar-refractivity contribution in [2.75, 3.05) is 13.1 Å². The van der Waals surface area contributed by atoms with Crippen LogP contribution in [-0.4, -0.2) is 50.7 Å². The molecule has 122 valence electrons. The molecule has 0 bridgehead atoms. The highest BCUT2D eigenvalue weighted by molar-refractivity contribution is 5.85. The number of nitrogens with zero attached hydrogens (tertiary/aromatic N) is 3. The number of amides is 1. The van der Waals surface area contributed by atoms with Gasteiger partial charge in [-0.05, 0) is 39.0 Å². The number of aromatic nitrogens is 2. The first kappa shape index (κ1) is 15.3. The second-order valence-electron chi connectivity index (χ2n) is 6.21. The fraction of sp³-hybridized carbons (Fsp3) is 0.786. The molecule has 0 aromatic carbocycles. The van der Waals surface area contributed by atoms with Crippen molar-refractivity contribution in [3.05, 3.63) is 11.7 Å². The smallest absolute Gasteiger partial charge is 0.352 e. The summed E-state index contributed by atoms with van der Waals surface area (Å²) in [7, 11) is 0. The first-order valence-corrected chi connectivity index (χ1v) is 7.53. The Morgan fingerprint density at radius 3 is 2.50 bits per heavy atom. The fourth-order valence-corrected chi connectivity index (χ4v) is 3.03. The molecule has 1 amide bonds. The molecule has 1 aromatic heterocycles. The number of piperidine rings is 1. The number of halogens is 2. The first-order chi connectivity index (χ1) is 10.3. The maximum Gasteiger partial charge on any atom is 0.352 e. The standard InChI is InChI=1S/C14H19F2N3O3/c1-9-17-11(22-18-9)10-3-7-19(8-4-10)12(20)14(15,16)13(21)5-2-6-13/h10,21H,2-8H2,1H3. The zero-order valence-corrected chi connectivity index (χ0v) is 12.4. The number of hydrogen-bond acceptors (Lipinski definition) is 5. The van der Waals surface area contributed by atoms with E-state index in [2.05, 4.69) is 10.1 Å². The Bertz CT molecular complexity index is 563. The van der Waals surface area contributed by atoms with E-state index in [0.29, 0.717) is 31.0 Å². The molecular formula is C14H19F2N3O3. The molecule has 0 atom stereocenters. The summed E-state index contributed by atoms with van der Waals surface area (Å²) < 4.78 is 33.4. The third-order valence-corrected chi connectivity index (χ3v) is 4.71. The lowest BCUT2D eigenvalue weighted by atomic mass is 9.74. The van der Waals surface area contributed by atoms with Crippen LogP contribution in [0, 0.1) is 6.92 Å². The summed E-state index contributed by atoms with van der Waals surface area (Å²) in [6, 6.07) is 0. The van der Waals surface area contributed by atoms with E-state index in [1.807, 2.05) is 0 Å². The van der Waals surface area contributed by atoms with Crippen LogP contribution in [0.2, 0.25) is 0 Å². The molecule has 1 saturated carbocycles. The van der Waals surface area contributed by atoms with Crippen LogP contribution in [-0.2, 0) is 4.79 Å². The highest BCUT2D eigenvalue weighted by atomic mass is 19.3. The van der Waals surface area contributed by atoms with Crippen LogP contribution >= 0.6 is 0 Å². The van der Waals surface area contributed by atoms with E-state index in [1.165, 1.54) is 0 Å². The molecule has 0 unspecified atom stereocenters. The molecule has 8 heteroatoms. The summed E-state index contributed by atoms with van der Waals surface area (Å²) in [4.78, 5) is 17.4. The Morgan fingerprint density at radius 1 is 1.41 bits per heavy atom. The van der Waals surface area contributed by atoms with Crippen LogP contribution in [0.5, 0.6) is 0 Å². The van der Waals surface area contributed by atoms with E-state index in [9.17, 15) is 18.7 Å². The summed E-state index contributed by atoms with van der Waals surface area (Å²) in [5.74, 6) is -3.96. The Hall–Kier alpha value is -1.57. The molecule has 0 radical (unpaired) electrons. The number of likely N-dealkylation sites (tertiary alicyclic amines) is 1. The lowest BCUT2D eigenvalue weighted by molar-refractivity contribution is -0.224. The molecule has 1 aliphatic carbocycles. The van der Waals surface area contributed by atoms with Crippen molar-refractivity contribution in [1.29, 1.82) is 0 Å². The highest BCUT2D eigenvalue weighted by Gasteiger charge is 2.62. The molecule has 1 N–H and O–H groups in total. The molecule has 0 spiro atoms. The van der Waals surface area contributed by atoms with Gasteiger partial charge in [0.2, 0.25) is 5.89 Å². The Balaban J connectivity index is 1.62. The quantitative estimate of drug-likeness (QED) is 0.917. The van der Waals surface area contributed by atoms with Gasteiger partial charge >= 0.3 is 5.92 Å². The van der Waals surface area contributed by atoms with Gasteiger partial charge in [0, 0.05) is 19.0 Å². The van der Waals surface area contributed by atoms with Crippen molar-refractivity contribution in [3.8, 4) is 0 Å². The number of aliphatic hydroxyl groups is 1. The largest absolute Gasteiger partial charge is 0.383 e. The Labute approximate surface area is 126 Å². The molecule has 6 nitrogen and oxygen atoms in total.